The first kappa shape index (κ1) is 31.3. The molecule has 0 N–H and O–H groups in total. The van der Waals surface area contributed by atoms with E-state index in [4.69, 9.17) is 8.83 Å². The second kappa shape index (κ2) is 13.1. The Labute approximate surface area is 301 Å². The van der Waals surface area contributed by atoms with E-state index in [0.717, 1.165) is 72.1 Å². The van der Waals surface area contributed by atoms with Crippen LogP contribution in [0.5, 0.6) is 0 Å². The summed E-state index contributed by atoms with van der Waals surface area (Å²) in [7, 11) is 1.97. The van der Waals surface area contributed by atoms with Crippen LogP contribution in [0, 0.1) is 12.1 Å². The Balaban J connectivity index is 0.000000143. The van der Waals surface area contributed by atoms with Crippen molar-refractivity contribution in [1.82, 2.24) is 19.3 Å². The fraction of sp³-hybridized carbons (Fsp3) is 0.0233. The van der Waals surface area contributed by atoms with Gasteiger partial charge in [0.05, 0.1) is 17.6 Å². The van der Waals surface area contributed by atoms with Crippen LogP contribution in [0.25, 0.3) is 83.2 Å². The number of furan rings is 2. The minimum Gasteiger partial charge on any atom is -0.501 e. The summed E-state index contributed by atoms with van der Waals surface area (Å²) in [6.45, 7) is 0. The van der Waals surface area contributed by atoms with Crippen LogP contribution in [0.4, 0.5) is 0 Å². The van der Waals surface area contributed by atoms with Gasteiger partial charge >= 0.3 is 0 Å². The maximum atomic E-state index is 6.26. The molecule has 1 radical (unpaired) electrons. The van der Waals surface area contributed by atoms with Crippen molar-refractivity contribution in [3.8, 4) is 39.3 Å². The van der Waals surface area contributed by atoms with E-state index < -0.39 is 0 Å². The normalized spacial score (nSPS) is 11.1. The molecule has 0 saturated carbocycles. The number of para-hydroxylation sites is 2. The number of fused-ring (bicyclic) bond motifs is 7. The van der Waals surface area contributed by atoms with Crippen molar-refractivity contribution in [2.75, 3.05) is 0 Å². The first-order valence-corrected chi connectivity index (χ1v) is 16.0. The molecule has 0 fully saturated rings. The van der Waals surface area contributed by atoms with Crippen LogP contribution in [0.2, 0.25) is 0 Å². The molecule has 6 aromatic carbocycles. The number of nitrogens with zero attached hydrogens (tertiary/aromatic N) is 4. The summed E-state index contributed by atoms with van der Waals surface area (Å²) in [4.78, 5) is 4.46. The summed E-state index contributed by atoms with van der Waals surface area (Å²) in [5.41, 5.74) is 9.92. The minimum atomic E-state index is 0. The number of aromatic nitrogens is 4. The number of hydrogen-bond donors (Lipinski definition) is 0. The Morgan fingerprint density at radius 3 is 2.06 bits per heavy atom. The molecular weight excluding hydrogens is 797 g/mol. The second-order valence-corrected chi connectivity index (χ2v) is 11.8. The van der Waals surface area contributed by atoms with Crippen LogP contribution in [0.3, 0.4) is 0 Å². The molecule has 0 unspecified atom stereocenters. The van der Waals surface area contributed by atoms with Crippen LogP contribution in [-0.2, 0) is 27.2 Å². The third kappa shape index (κ3) is 5.53. The van der Waals surface area contributed by atoms with E-state index in [1.807, 2.05) is 102 Å². The molecule has 0 aliphatic rings. The predicted molar refractivity (Wildman–Crippen MR) is 195 cm³/mol. The van der Waals surface area contributed by atoms with E-state index in [9.17, 15) is 0 Å². The molecule has 0 atom stereocenters. The van der Waals surface area contributed by atoms with E-state index in [1.165, 1.54) is 11.1 Å². The van der Waals surface area contributed by atoms with E-state index in [1.54, 1.807) is 6.20 Å². The van der Waals surface area contributed by atoms with Crippen molar-refractivity contribution in [1.29, 1.82) is 0 Å². The van der Waals surface area contributed by atoms with Crippen molar-refractivity contribution in [3.63, 3.8) is 0 Å². The predicted octanol–water partition coefficient (Wildman–Crippen LogP) is 10.7. The number of hydrogen-bond acceptors (Lipinski definition) is 4. The standard InChI is InChI=1S/C22H13N2O2.C21H15N2.Ir/c1-24-12-11-23-22(24)15-7-4-6-14-20-18(26-21(14)15)10-9-17-19(20)13-5-2-3-8-16(13)25-17;1-3-7-17(8-4-1)18-11-13-19(14-12-18)20-15-22-23(16-20)21-9-5-2-6-10-21;/h2-6,8-12H,1H3;1-9,11-16H;/q2*-1;. The summed E-state index contributed by atoms with van der Waals surface area (Å²) in [5.74, 6) is 0.836. The van der Waals surface area contributed by atoms with Gasteiger partial charge < -0.3 is 13.4 Å². The van der Waals surface area contributed by atoms with Gasteiger partial charge in [-0.05, 0) is 40.6 Å². The fourth-order valence-corrected chi connectivity index (χ4v) is 6.44. The van der Waals surface area contributed by atoms with Gasteiger partial charge in [-0.3, -0.25) is 9.67 Å². The summed E-state index contributed by atoms with van der Waals surface area (Å²) >= 11 is 0. The molecule has 0 aliphatic carbocycles. The quantitative estimate of drug-likeness (QED) is 0.166. The van der Waals surface area contributed by atoms with Gasteiger partial charge in [-0.2, -0.15) is 29.4 Å². The third-order valence-electron chi connectivity index (χ3n) is 8.83. The fourth-order valence-electron chi connectivity index (χ4n) is 6.44. The van der Waals surface area contributed by atoms with Crippen LogP contribution in [0.15, 0.2) is 161 Å². The molecule has 10 rings (SSSR count). The topological polar surface area (TPSA) is 61.9 Å². The van der Waals surface area contributed by atoms with Crippen molar-refractivity contribution >= 4 is 43.9 Å². The molecule has 7 heteroatoms. The zero-order chi connectivity index (χ0) is 32.7. The number of benzene rings is 6. The SMILES string of the molecule is Cn1ccnc1-c1[c-]ccc2c1oc1ccc3oc4ccccc4c3c12.[Ir].[c-]1ccccc1-n1cc(-c2ccc(-c3ccccc3)cc2)cn1. The zero-order valence-electron chi connectivity index (χ0n) is 26.9. The molecule has 4 aromatic heterocycles. The first-order valence-electron chi connectivity index (χ1n) is 16.0. The molecule has 50 heavy (non-hydrogen) atoms. The van der Waals surface area contributed by atoms with Crippen LogP contribution in [0.1, 0.15) is 0 Å². The molecule has 0 spiro atoms. The second-order valence-electron chi connectivity index (χ2n) is 11.8. The van der Waals surface area contributed by atoms with Gasteiger partial charge in [0.2, 0.25) is 0 Å². The van der Waals surface area contributed by atoms with E-state index >= 15 is 0 Å². The van der Waals surface area contributed by atoms with E-state index in [-0.39, 0.29) is 20.1 Å². The van der Waals surface area contributed by atoms with E-state index in [0.29, 0.717) is 0 Å². The zero-order valence-corrected chi connectivity index (χ0v) is 29.3. The molecule has 243 valence electrons. The molecule has 0 amide bonds. The monoisotopic (exact) mass is 825 g/mol. The van der Waals surface area contributed by atoms with Gasteiger partial charge in [-0.1, -0.05) is 83.7 Å². The van der Waals surface area contributed by atoms with Gasteiger partial charge in [-0.25, -0.2) is 0 Å². The van der Waals surface area contributed by atoms with Crippen LogP contribution >= 0.6 is 0 Å². The summed E-state index contributed by atoms with van der Waals surface area (Å²) in [5, 5.41) is 8.75. The van der Waals surface area contributed by atoms with Crippen molar-refractivity contribution in [3.05, 3.63) is 164 Å². The van der Waals surface area contributed by atoms with Crippen molar-refractivity contribution < 1.29 is 28.9 Å². The summed E-state index contributed by atoms with van der Waals surface area (Å²) in [6.07, 6.45) is 7.63. The smallest absolute Gasteiger partial charge is 0.136 e. The van der Waals surface area contributed by atoms with Crippen molar-refractivity contribution in [2.45, 2.75) is 0 Å². The van der Waals surface area contributed by atoms with Gasteiger partial charge in [0.15, 0.2) is 0 Å². The van der Waals surface area contributed by atoms with Crippen molar-refractivity contribution in [2.24, 2.45) is 7.05 Å². The molecule has 0 bridgehead atoms. The van der Waals surface area contributed by atoms with E-state index in [2.05, 4.69) is 82.9 Å². The maximum Gasteiger partial charge on any atom is 0.136 e. The van der Waals surface area contributed by atoms with Gasteiger partial charge in [0.1, 0.15) is 16.7 Å². The molecule has 4 heterocycles. The summed E-state index contributed by atoms with van der Waals surface area (Å²) < 4.78 is 16.1. The first-order chi connectivity index (χ1) is 24.2. The largest absolute Gasteiger partial charge is 0.501 e. The average molecular weight is 825 g/mol. The Kier molecular flexibility index (Phi) is 8.21. The average Bonchev–Trinajstić information content (AvgIpc) is 3.97. The van der Waals surface area contributed by atoms with Gasteiger partial charge in [0.25, 0.3) is 0 Å². The number of imidazole rings is 1. The Morgan fingerprint density at radius 2 is 1.30 bits per heavy atom. The van der Waals surface area contributed by atoms with Crippen LogP contribution in [-0.4, -0.2) is 19.3 Å². The number of aryl methyl sites for hydroxylation is 1. The summed E-state index contributed by atoms with van der Waals surface area (Å²) in [6, 6.07) is 49.3. The Morgan fingerprint density at radius 1 is 0.600 bits per heavy atom. The molecule has 0 saturated heterocycles. The molecule has 10 aromatic rings. The maximum absolute atomic E-state index is 6.26. The molecule has 6 nitrogen and oxygen atoms in total. The molecule has 0 aliphatic heterocycles. The minimum absolute atomic E-state index is 0. The Hall–Kier alpha value is -6.01. The van der Waals surface area contributed by atoms with Gasteiger partial charge in [-0.15, -0.1) is 24.3 Å². The van der Waals surface area contributed by atoms with Gasteiger partial charge in [0, 0.05) is 67.5 Å². The Bertz CT molecular complexity index is 2720. The van der Waals surface area contributed by atoms with Crippen LogP contribution < -0.4 is 0 Å². The third-order valence-corrected chi connectivity index (χ3v) is 8.83. The number of rotatable bonds is 4. The molecular formula is C43H28IrN4O2-2.